The van der Waals surface area contributed by atoms with Crippen LogP contribution in [0.5, 0.6) is 5.75 Å². The number of nitrogens with zero attached hydrogens (tertiary/aromatic N) is 3. The first-order valence-corrected chi connectivity index (χ1v) is 12.9. The summed E-state index contributed by atoms with van der Waals surface area (Å²) in [6, 6.07) is 16.0. The van der Waals surface area contributed by atoms with Crippen molar-refractivity contribution < 1.29 is 4.74 Å². The maximum Gasteiger partial charge on any atom is 0.175 e. The number of thioether (sulfide) groups is 3. The van der Waals surface area contributed by atoms with Gasteiger partial charge in [-0.15, -0.1) is 22.0 Å². The van der Waals surface area contributed by atoms with Crippen molar-refractivity contribution in [3.05, 3.63) is 64.7 Å². The smallest absolute Gasteiger partial charge is 0.175 e. The minimum atomic E-state index is 0.464. The molecule has 150 valence electrons. The van der Waals surface area contributed by atoms with E-state index in [0.717, 1.165) is 48.1 Å². The quantitative estimate of drug-likeness (QED) is 0.361. The maximum atomic E-state index is 5.93. The summed E-state index contributed by atoms with van der Waals surface area (Å²) in [6.45, 7) is 0.843. The fourth-order valence-electron chi connectivity index (χ4n) is 2.60. The van der Waals surface area contributed by atoms with E-state index in [-0.39, 0.29) is 0 Å². The summed E-state index contributed by atoms with van der Waals surface area (Å²) in [5.74, 6) is 2.71. The lowest BCUT2D eigenvalue weighted by molar-refractivity contribution is 0.415. The molecule has 0 spiro atoms. The highest BCUT2D eigenvalue weighted by atomic mass is 35.5. The fraction of sp³-hybridized carbons (Fsp3) is 0.250. The summed E-state index contributed by atoms with van der Waals surface area (Å²) in [4.78, 5) is 4.71. The lowest BCUT2D eigenvalue weighted by atomic mass is 10.2. The van der Waals surface area contributed by atoms with E-state index in [9.17, 15) is 0 Å². The molecule has 0 saturated heterocycles. The highest BCUT2D eigenvalue weighted by Crippen LogP contribution is 2.34. The number of benzene rings is 2. The molecule has 2 aromatic carbocycles. The Morgan fingerprint density at radius 2 is 1.76 bits per heavy atom. The van der Waals surface area contributed by atoms with Gasteiger partial charge in [0.15, 0.2) is 8.68 Å². The van der Waals surface area contributed by atoms with Crippen LogP contribution < -0.4 is 4.74 Å². The van der Waals surface area contributed by atoms with E-state index in [1.165, 1.54) is 5.56 Å². The molecule has 29 heavy (non-hydrogen) atoms. The lowest BCUT2D eigenvalue weighted by Gasteiger charge is -2.06. The minimum Gasteiger partial charge on any atom is -0.497 e. The van der Waals surface area contributed by atoms with Crippen LogP contribution in [-0.4, -0.2) is 39.9 Å². The van der Waals surface area contributed by atoms with E-state index in [4.69, 9.17) is 21.3 Å². The van der Waals surface area contributed by atoms with Gasteiger partial charge in [-0.1, -0.05) is 58.6 Å². The number of methoxy groups -OCH3 is 1. The third-order valence-corrected chi connectivity index (χ3v) is 9.23. The number of hydrogen-bond donors (Lipinski definition) is 0. The molecule has 3 aromatic rings. The van der Waals surface area contributed by atoms with Crippen molar-refractivity contribution in [1.82, 2.24) is 10.2 Å². The molecule has 0 bridgehead atoms. The van der Waals surface area contributed by atoms with Gasteiger partial charge in [-0.05, 0) is 42.0 Å². The van der Waals surface area contributed by atoms with Crippen LogP contribution in [0.2, 0.25) is 5.02 Å². The Bertz CT molecular complexity index is 976. The fourth-order valence-corrected chi connectivity index (χ4v) is 7.00. The first kappa shape index (κ1) is 21.1. The molecule has 1 atom stereocenters. The van der Waals surface area contributed by atoms with Crippen molar-refractivity contribution in [2.24, 2.45) is 4.99 Å². The average Bonchev–Trinajstić information content (AvgIpc) is 3.41. The third-order valence-electron chi connectivity index (χ3n) is 4.11. The molecule has 9 heteroatoms. The monoisotopic (exact) mass is 479 g/mol. The molecular formula is C20H18ClN3OS4. The molecule has 0 fully saturated rings. The van der Waals surface area contributed by atoms with E-state index in [1.807, 2.05) is 48.2 Å². The highest BCUT2D eigenvalue weighted by molar-refractivity contribution is 8.16. The van der Waals surface area contributed by atoms with Crippen molar-refractivity contribution in [1.29, 1.82) is 0 Å². The number of ether oxygens (including phenoxy) is 1. The first-order chi connectivity index (χ1) is 14.2. The summed E-state index contributed by atoms with van der Waals surface area (Å²) >= 11 is 12.9. The zero-order valence-electron chi connectivity index (χ0n) is 15.6. The summed E-state index contributed by atoms with van der Waals surface area (Å²) in [7, 11) is 1.68. The van der Waals surface area contributed by atoms with Gasteiger partial charge in [0.2, 0.25) is 0 Å². The van der Waals surface area contributed by atoms with Gasteiger partial charge in [-0.25, -0.2) is 0 Å². The van der Waals surface area contributed by atoms with Crippen LogP contribution in [0.3, 0.4) is 0 Å². The van der Waals surface area contributed by atoms with Crippen LogP contribution in [0, 0.1) is 0 Å². The molecule has 0 radical (unpaired) electrons. The molecule has 1 aliphatic rings. The van der Waals surface area contributed by atoms with Crippen molar-refractivity contribution >= 4 is 63.3 Å². The van der Waals surface area contributed by atoms with Gasteiger partial charge in [0.1, 0.15) is 5.75 Å². The van der Waals surface area contributed by atoms with E-state index >= 15 is 0 Å². The molecule has 0 amide bonds. The summed E-state index contributed by atoms with van der Waals surface area (Å²) in [5, 5.41) is 11.0. The van der Waals surface area contributed by atoms with Gasteiger partial charge < -0.3 is 4.74 Å². The van der Waals surface area contributed by atoms with Crippen molar-refractivity contribution in [2.75, 3.05) is 19.4 Å². The largest absolute Gasteiger partial charge is 0.497 e. The molecule has 4 nitrogen and oxygen atoms in total. The molecule has 4 rings (SSSR count). The van der Waals surface area contributed by atoms with E-state index < -0.39 is 0 Å². The molecule has 1 aliphatic heterocycles. The van der Waals surface area contributed by atoms with Gasteiger partial charge in [-0.2, -0.15) is 0 Å². The van der Waals surface area contributed by atoms with Crippen molar-refractivity contribution in [3.8, 4) is 5.75 Å². The Kier molecular flexibility index (Phi) is 7.42. The number of halogens is 1. The lowest BCUT2D eigenvalue weighted by Crippen LogP contribution is -2.06. The van der Waals surface area contributed by atoms with Crippen molar-refractivity contribution in [2.45, 2.75) is 19.7 Å². The van der Waals surface area contributed by atoms with Crippen LogP contribution in [-0.2, 0) is 5.75 Å². The van der Waals surface area contributed by atoms with E-state index in [0.29, 0.717) is 5.25 Å². The Labute approximate surface area is 191 Å². The number of aliphatic imine (C=N–C) groups is 1. The topological polar surface area (TPSA) is 47.4 Å². The second-order valence-electron chi connectivity index (χ2n) is 6.17. The second kappa shape index (κ2) is 10.2. The molecule has 1 unspecified atom stereocenters. The second-order valence-corrected chi connectivity index (χ2v) is 11.4. The van der Waals surface area contributed by atoms with Gasteiger partial charge in [0.25, 0.3) is 0 Å². The maximum absolute atomic E-state index is 5.93. The Balaban J connectivity index is 1.23. The summed E-state index contributed by atoms with van der Waals surface area (Å²) in [5.41, 5.74) is 2.38. The van der Waals surface area contributed by atoms with Crippen LogP contribution >= 0.6 is 58.2 Å². The Morgan fingerprint density at radius 3 is 2.48 bits per heavy atom. The molecule has 1 aromatic heterocycles. The molecule has 0 N–H and O–H groups in total. The zero-order chi connectivity index (χ0) is 20.1. The van der Waals surface area contributed by atoms with Gasteiger partial charge in [0.05, 0.1) is 18.7 Å². The minimum absolute atomic E-state index is 0.464. The predicted molar refractivity (Wildman–Crippen MR) is 127 cm³/mol. The summed E-state index contributed by atoms with van der Waals surface area (Å²) in [6.07, 6.45) is 0. The molecule has 0 aliphatic carbocycles. The first-order valence-electron chi connectivity index (χ1n) is 8.88. The predicted octanol–water partition coefficient (Wildman–Crippen LogP) is 6.15. The highest BCUT2D eigenvalue weighted by Gasteiger charge is 2.21. The van der Waals surface area contributed by atoms with Crippen LogP contribution in [0.25, 0.3) is 0 Å². The normalized spacial score (nSPS) is 16.1. The Hall–Kier alpha value is -1.19. The van der Waals surface area contributed by atoms with E-state index in [1.54, 1.807) is 42.0 Å². The zero-order valence-corrected chi connectivity index (χ0v) is 19.6. The standard InChI is InChI=1S/C20H18ClN3OS4/c1-25-16-8-4-14(5-9-16)18-22-10-17(28-18)12-27-20-24-23-19(29-20)26-11-13-2-6-15(21)7-3-13/h2-9,17H,10-12H2,1H3. The van der Waals surface area contributed by atoms with Crippen LogP contribution in [0.15, 0.2) is 62.2 Å². The SMILES string of the molecule is COc1ccc(C2=NCC(CSc3nnc(SCc4ccc(Cl)cc4)s3)S2)cc1. The molecular weight excluding hydrogens is 462 g/mol. The summed E-state index contributed by atoms with van der Waals surface area (Å²) < 4.78 is 7.23. The number of hydrogen-bond acceptors (Lipinski definition) is 8. The van der Waals surface area contributed by atoms with Gasteiger partial charge in [-0.3, -0.25) is 4.99 Å². The Morgan fingerprint density at radius 1 is 1.03 bits per heavy atom. The van der Waals surface area contributed by atoms with E-state index in [2.05, 4.69) is 22.3 Å². The molecule has 0 saturated carbocycles. The van der Waals surface area contributed by atoms with Gasteiger partial charge in [0, 0.05) is 27.3 Å². The van der Waals surface area contributed by atoms with Gasteiger partial charge >= 0.3 is 0 Å². The van der Waals surface area contributed by atoms with Crippen LogP contribution in [0.4, 0.5) is 0 Å². The molecule has 2 heterocycles. The van der Waals surface area contributed by atoms with Crippen LogP contribution in [0.1, 0.15) is 11.1 Å². The number of aromatic nitrogens is 2. The van der Waals surface area contributed by atoms with Crippen molar-refractivity contribution in [3.63, 3.8) is 0 Å². The average molecular weight is 480 g/mol. The number of rotatable bonds is 8. The third kappa shape index (κ3) is 5.92.